The van der Waals surface area contributed by atoms with Crippen LogP contribution in [-0.2, 0) is 14.3 Å². The third-order valence-electron chi connectivity index (χ3n) is 5.52. The number of rotatable bonds is 14. The quantitative estimate of drug-likeness (QED) is 0.114. The molecule has 2 aromatic carbocycles. The van der Waals surface area contributed by atoms with Crippen LogP contribution < -0.4 is 14.2 Å². The Kier molecular flexibility index (Phi) is 11.0. The number of aldehydes is 1. The molecular weight excluding hydrogens is 464 g/mol. The molecule has 0 bridgehead atoms. The molecule has 0 radical (unpaired) electrons. The average molecular weight is 497 g/mol. The Morgan fingerprint density at radius 3 is 2.42 bits per heavy atom. The fraction of sp³-hybridized carbons (Fsp3) is 0.393. The minimum Gasteiger partial charge on any atom is -0.494 e. The highest BCUT2D eigenvalue weighted by Crippen LogP contribution is 2.26. The van der Waals surface area contributed by atoms with Crippen LogP contribution in [0.4, 0.5) is 0 Å². The molecule has 1 atom stereocenters. The maximum absolute atomic E-state index is 12.6. The van der Waals surface area contributed by atoms with E-state index in [9.17, 15) is 14.4 Å². The largest absolute Gasteiger partial charge is 0.494 e. The maximum atomic E-state index is 12.6. The second-order valence-corrected chi connectivity index (χ2v) is 8.28. The van der Waals surface area contributed by atoms with Crippen LogP contribution in [0.25, 0.3) is 0 Å². The highest BCUT2D eigenvalue weighted by atomic mass is 16.7. The summed E-state index contributed by atoms with van der Waals surface area (Å²) in [6.45, 7) is 4.94. The van der Waals surface area contributed by atoms with Gasteiger partial charge in [0.1, 0.15) is 17.2 Å². The van der Waals surface area contributed by atoms with Crippen molar-refractivity contribution in [2.45, 2.75) is 51.2 Å². The van der Waals surface area contributed by atoms with Gasteiger partial charge in [0.05, 0.1) is 30.9 Å². The zero-order valence-electron chi connectivity index (χ0n) is 20.3. The number of hydrogen-bond acceptors (Lipinski definition) is 8. The van der Waals surface area contributed by atoms with Gasteiger partial charge >= 0.3 is 11.9 Å². The van der Waals surface area contributed by atoms with Gasteiger partial charge in [-0.1, -0.05) is 6.58 Å². The molecule has 8 nitrogen and oxygen atoms in total. The molecule has 8 heteroatoms. The number of esters is 2. The van der Waals surface area contributed by atoms with Gasteiger partial charge in [-0.05, 0) is 81.0 Å². The number of ether oxygens (including phenoxy) is 5. The van der Waals surface area contributed by atoms with E-state index in [0.29, 0.717) is 43.2 Å². The Labute approximate surface area is 211 Å². The number of benzene rings is 2. The normalized spacial score (nSPS) is 14.9. The van der Waals surface area contributed by atoms with E-state index in [0.717, 1.165) is 51.0 Å². The Morgan fingerprint density at radius 2 is 1.72 bits per heavy atom. The topological polar surface area (TPSA) is 97.4 Å². The van der Waals surface area contributed by atoms with E-state index in [-0.39, 0.29) is 17.6 Å². The monoisotopic (exact) mass is 496 g/mol. The van der Waals surface area contributed by atoms with Crippen LogP contribution in [0, 0.1) is 0 Å². The molecule has 0 aromatic heterocycles. The van der Waals surface area contributed by atoms with Crippen LogP contribution in [0.3, 0.4) is 0 Å². The summed E-state index contributed by atoms with van der Waals surface area (Å²) in [5, 5.41) is 0. The van der Waals surface area contributed by atoms with Gasteiger partial charge in [-0.15, -0.1) is 0 Å². The van der Waals surface area contributed by atoms with Crippen molar-refractivity contribution in [3.8, 4) is 17.2 Å². The van der Waals surface area contributed by atoms with Gasteiger partial charge in [0.25, 0.3) is 0 Å². The lowest BCUT2D eigenvalue weighted by molar-refractivity contribution is -0.137. The Hall–Kier alpha value is -3.65. The molecule has 0 amide bonds. The van der Waals surface area contributed by atoms with Crippen molar-refractivity contribution in [1.29, 1.82) is 0 Å². The molecule has 3 rings (SSSR count). The van der Waals surface area contributed by atoms with E-state index in [2.05, 4.69) is 6.58 Å². The predicted molar refractivity (Wildman–Crippen MR) is 133 cm³/mol. The van der Waals surface area contributed by atoms with Gasteiger partial charge in [-0.25, -0.2) is 9.59 Å². The lowest BCUT2D eigenvalue weighted by Crippen LogP contribution is -2.25. The molecule has 0 aliphatic carbocycles. The van der Waals surface area contributed by atoms with E-state index in [1.54, 1.807) is 42.5 Å². The van der Waals surface area contributed by atoms with E-state index >= 15 is 0 Å². The van der Waals surface area contributed by atoms with Gasteiger partial charge in [0.2, 0.25) is 0 Å². The Bertz CT molecular complexity index is 1010. The average Bonchev–Trinajstić information content (AvgIpc) is 2.91. The van der Waals surface area contributed by atoms with E-state index < -0.39 is 11.9 Å². The first-order valence-electron chi connectivity index (χ1n) is 12.2. The molecule has 1 heterocycles. The number of hydrogen-bond donors (Lipinski definition) is 0. The van der Waals surface area contributed by atoms with Crippen LogP contribution in [0.2, 0.25) is 0 Å². The first kappa shape index (κ1) is 26.9. The second kappa shape index (κ2) is 14.7. The van der Waals surface area contributed by atoms with E-state index in [1.165, 1.54) is 0 Å². The van der Waals surface area contributed by atoms with Crippen LogP contribution in [0.5, 0.6) is 17.2 Å². The molecule has 1 fully saturated rings. The third kappa shape index (κ3) is 8.85. The van der Waals surface area contributed by atoms with Crippen molar-refractivity contribution in [3.05, 3.63) is 66.2 Å². The summed E-state index contributed by atoms with van der Waals surface area (Å²) in [6, 6.07) is 11.4. The zero-order chi connectivity index (χ0) is 25.6. The van der Waals surface area contributed by atoms with Crippen molar-refractivity contribution in [1.82, 2.24) is 0 Å². The highest BCUT2D eigenvalue weighted by Gasteiger charge is 2.17. The fourth-order valence-electron chi connectivity index (χ4n) is 3.57. The standard InChI is InChI=1S/C28H32O8/c1-2-26(30)33-17-7-4-3-6-16-32-23-12-10-21(11-13-23)28(31)36-25-15-14-24(19-22(25)20-29)35-27-9-5-8-18-34-27/h2,10-15,19-20,27H,1,3-9,16-18H2. The van der Waals surface area contributed by atoms with Crippen LogP contribution in [0.15, 0.2) is 55.1 Å². The molecular formula is C28H32O8. The van der Waals surface area contributed by atoms with Gasteiger partial charge in [-0.2, -0.15) is 0 Å². The van der Waals surface area contributed by atoms with Crippen LogP contribution >= 0.6 is 0 Å². The number of carbonyl (C=O) groups is 3. The van der Waals surface area contributed by atoms with E-state index in [1.807, 2.05) is 0 Å². The summed E-state index contributed by atoms with van der Waals surface area (Å²) in [5.41, 5.74) is 0.555. The molecule has 1 aliphatic heterocycles. The molecule has 0 N–H and O–H groups in total. The summed E-state index contributed by atoms with van der Waals surface area (Å²) in [6.07, 6.45) is 7.83. The molecule has 0 saturated carbocycles. The zero-order valence-corrected chi connectivity index (χ0v) is 20.3. The SMILES string of the molecule is C=CC(=O)OCCCCCCOc1ccc(C(=O)Oc2ccc(OC3CCCCO3)cc2C=O)cc1. The van der Waals surface area contributed by atoms with Crippen molar-refractivity contribution < 1.29 is 38.1 Å². The Morgan fingerprint density at radius 1 is 0.972 bits per heavy atom. The summed E-state index contributed by atoms with van der Waals surface area (Å²) in [5.74, 6) is 0.313. The fourth-order valence-corrected chi connectivity index (χ4v) is 3.57. The smallest absolute Gasteiger partial charge is 0.343 e. The summed E-state index contributed by atoms with van der Waals surface area (Å²) in [4.78, 5) is 35.1. The van der Waals surface area contributed by atoms with Crippen molar-refractivity contribution in [2.75, 3.05) is 19.8 Å². The summed E-state index contributed by atoms with van der Waals surface area (Å²) in [7, 11) is 0. The van der Waals surface area contributed by atoms with E-state index in [4.69, 9.17) is 23.7 Å². The minimum absolute atomic E-state index is 0.159. The lowest BCUT2D eigenvalue weighted by atomic mass is 10.2. The minimum atomic E-state index is -0.578. The highest BCUT2D eigenvalue weighted by molar-refractivity contribution is 5.92. The van der Waals surface area contributed by atoms with Gasteiger partial charge in [0.15, 0.2) is 12.6 Å². The molecule has 192 valence electrons. The maximum Gasteiger partial charge on any atom is 0.343 e. The summed E-state index contributed by atoms with van der Waals surface area (Å²) < 4.78 is 27.4. The van der Waals surface area contributed by atoms with Crippen molar-refractivity contribution in [2.24, 2.45) is 0 Å². The molecule has 36 heavy (non-hydrogen) atoms. The molecule has 2 aromatic rings. The van der Waals surface area contributed by atoms with Gasteiger partial charge in [0, 0.05) is 12.5 Å². The number of unbranched alkanes of at least 4 members (excludes halogenated alkanes) is 3. The molecule has 1 unspecified atom stereocenters. The van der Waals surface area contributed by atoms with Crippen molar-refractivity contribution >= 4 is 18.2 Å². The molecule has 1 aliphatic rings. The van der Waals surface area contributed by atoms with Crippen LogP contribution in [-0.4, -0.2) is 44.3 Å². The van der Waals surface area contributed by atoms with Crippen molar-refractivity contribution in [3.63, 3.8) is 0 Å². The van der Waals surface area contributed by atoms with Gasteiger partial charge in [-0.3, -0.25) is 4.79 Å². The molecule has 1 saturated heterocycles. The third-order valence-corrected chi connectivity index (χ3v) is 5.52. The second-order valence-electron chi connectivity index (χ2n) is 8.28. The first-order chi connectivity index (χ1) is 17.6. The molecule has 0 spiro atoms. The van der Waals surface area contributed by atoms with Gasteiger partial charge < -0.3 is 23.7 Å². The predicted octanol–water partition coefficient (Wildman–Crippen LogP) is 5.29. The first-order valence-corrected chi connectivity index (χ1v) is 12.2. The number of carbonyl (C=O) groups excluding carboxylic acids is 3. The van der Waals surface area contributed by atoms with Crippen LogP contribution in [0.1, 0.15) is 65.7 Å². The lowest BCUT2D eigenvalue weighted by Gasteiger charge is -2.23. The Balaban J connectivity index is 1.41. The summed E-state index contributed by atoms with van der Waals surface area (Å²) >= 11 is 0.